The minimum absolute atomic E-state index is 0. The van der Waals surface area contributed by atoms with E-state index in [-0.39, 0.29) is 36.4 Å². The standard InChI is InChI=1S/C16H24F2N2.2ClH/c1-2-3-4-8-15(20-11-9-19-10-12-20)16-13(17)6-5-7-14(16)18;;/h5-7,15,19H,2-4,8-12H2,1H3;2*1H/t15-;;/m1../s1. The number of hydrogen-bond donors (Lipinski definition) is 1. The minimum atomic E-state index is -0.412. The first-order valence-corrected chi connectivity index (χ1v) is 7.62. The molecule has 1 fully saturated rings. The molecule has 1 saturated heterocycles. The van der Waals surface area contributed by atoms with Crippen molar-refractivity contribution in [3.8, 4) is 0 Å². The Labute approximate surface area is 144 Å². The zero-order valence-electron chi connectivity index (χ0n) is 13.0. The van der Waals surface area contributed by atoms with Crippen LogP contribution in [0, 0.1) is 11.6 Å². The maximum atomic E-state index is 14.1. The van der Waals surface area contributed by atoms with Gasteiger partial charge in [0, 0.05) is 37.8 Å². The molecule has 0 aliphatic carbocycles. The Morgan fingerprint density at radius 1 is 1.09 bits per heavy atom. The van der Waals surface area contributed by atoms with E-state index in [1.165, 1.54) is 18.2 Å². The van der Waals surface area contributed by atoms with E-state index in [9.17, 15) is 8.78 Å². The summed E-state index contributed by atoms with van der Waals surface area (Å²) < 4.78 is 28.2. The molecule has 1 heterocycles. The van der Waals surface area contributed by atoms with Gasteiger partial charge in [-0.05, 0) is 18.6 Å². The second kappa shape index (κ2) is 11.2. The molecular formula is C16H26Cl2F2N2. The average Bonchev–Trinajstić information content (AvgIpc) is 2.46. The van der Waals surface area contributed by atoms with Gasteiger partial charge in [0.1, 0.15) is 11.6 Å². The molecule has 0 spiro atoms. The van der Waals surface area contributed by atoms with E-state index in [0.717, 1.165) is 51.9 Å². The largest absolute Gasteiger partial charge is 0.314 e. The second-order valence-electron chi connectivity index (χ2n) is 5.43. The molecule has 2 nitrogen and oxygen atoms in total. The Bertz CT molecular complexity index is 406. The highest BCUT2D eigenvalue weighted by atomic mass is 35.5. The lowest BCUT2D eigenvalue weighted by Crippen LogP contribution is -2.45. The summed E-state index contributed by atoms with van der Waals surface area (Å²) in [6, 6.07) is 4.04. The number of hydrogen-bond acceptors (Lipinski definition) is 2. The first-order valence-electron chi connectivity index (χ1n) is 7.62. The first-order chi connectivity index (χ1) is 9.74. The van der Waals surface area contributed by atoms with E-state index in [1.807, 2.05) is 0 Å². The minimum Gasteiger partial charge on any atom is -0.314 e. The lowest BCUT2D eigenvalue weighted by Gasteiger charge is -2.35. The zero-order chi connectivity index (χ0) is 14.4. The molecule has 1 aliphatic heterocycles. The van der Waals surface area contributed by atoms with Crippen LogP contribution in [-0.2, 0) is 0 Å². The lowest BCUT2D eigenvalue weighted by atomic mass is 9.97. The maximum absolute atomic E-state index is 14.1. The number of nitrogens with one attached hydrogen (secondary N) is 1. The molecule has 1 aromatic carbocycles. The Kier molecular flexibility index (Phi) is 11.0. The summed E-state index contributed by atoms with van der Waals surface area (Å²) in [5, 5.41) is 3.29. The molecule has 0 bridgehead atoms. The molecule has 2 rings (SSSR count). The summed E-state index contributed by atoms with van der Waals surface area (Å²) in [5.41, 5.74) is 0.255. The van der Waals surface area contributed by atoms with E-state index in [4.69, 9.17) is 0 Å². The molecule has 1 N–H and O–H groups in total. The van der Waals surface area contributed by atoms with Crippen LogP contribution in [-0.4, -0.2) is 31.1 Å². The molecule has 1 aromatic rings. The number of halogens is 4. The summed E-state index contributed by atoms with van der Waals surface area (Å²) in [7, 11) is 0. The Hall–Kier alpha value is -0.420. The van der Waals surface area contributed by atoms with Gasteiger partial charge in [-0.25, -0.2) is 8.78 Å². The quantitative estimate of drug-likeness (QED) is 0.764. The topological polar surface area (TPSA) is 15.3 Å². The summed E-state index contributed by atoms with van der Waals surface area (Å²) in [6.45, 7) is 5.62. The van der Waals surface area contributed by atoms with Crippen LogP contribution < -0.4 is 5.32 Å². The third-order valence-corrected chi connectivity index (χ3v) is 4.01. The fourth-order valence-corrected chi connectivity index (χ4v) is 2.92. The van der Waals surface area contributed by atoms with Crippen molar-refractivity contribution in [3.05, 3.63) is 35.4 Å². The Morgan fingerprint density at radius 2 is 1.68 bits per heavy atom. The van der Waals surface area contributed by atoms with Crippen molar-refractivity contribution in [3.63, 3.8) is 0 Å². The monoisotopic (exact) mass is 354 g/mol. The van der Waals surface area contributed by atoms with Crippen LogP contribution >= 0.6 is 24.8 Å². The molecule has 22 heavy (non-hydrogen) atoms. The molecular weight excluding hydrogens is 329 g/mol. The number of benzene rings is 1. The van der Waals surface area contributed by atoms with Crippen molar-refractivity contribution in [2.75, 3.05) is 26.2 Å². The van der Waals surface area contributed by atoms with Crippen LogP contribution in [0.15, 0.2) is 18.2 Å². The zero-order valence-corrected chi connectivity index (χ0v) is 14.6. The van der Waals surface area contributed by atoms with Gasteiger partial charge in [-0.2, -0.15) is 0 Å². The molecule has 1 atom stereocenters. The highest BCUT2D eigenvalue weighted by molar-refractivity contribution is 5.85. The lowest BCUT2D eigenvalue weighted by molar-refractivity contribution is 0.156. The van der Waals surface area contributed by atoms with E-state index in [1.54, 1.807) is 0 Å². The van der Waals surface area contributed by atoms with Crippen molar-refractivity contribution in [1.29, 1.82) is 0 Å². The van der Waals surface area contributed by atoms with Crippen LogP contribution in [0.25, 0.3) is 0 Å². The fourth-order valence-electron chi connectivity index (χ4n) is 2.92. The van der Waals surface area contributed by atoms with E-state index < -0.39 is 11.6 Å². The number of nitrogens with zero attached hydrogens (tertiary/aromatic N) is 1. The van der Waals surface area contributed by atoms with Crippen molar-refractivity contribution < 1.29 is 8.78 Å². The van der Waals surface area contributed by atoms with Crippen LogP contribution in [0.4, 0.5) is 8.78 Å². The van der Waals surface area contributed by atoms with Crippen LogP contribution in [0.2, 0.25) is 0 Å². The van der Waals surface area contributed by atoms with Crippen molar-refractivity contribution >= 4 is 24.8 Å². The van der Waals surface area contributed by atoms with E-state index >= 15 is 0 Å². The maximum Gasteiger partial charge on any atom is 0.130 e. The molecule has 0 radical (unpaired) electrons. The Balaban J connectivity index is 0.00000220. The van der Waals surface area contributed by atoms with Crippen molar-refractivity contribution in [2.24, 2.45) is 0 Å². The van der Waals surface area contributed by atoms with Gasteiger partial charge in [-0.1, -0.05) is 32.3 Å². The molecule has 0 amide bonds. The number of piperazine rings is 1. The van der Waals surface area contributed by atoms with Gasteiger partial charge in [0.25, 0.3) is 0 Å². The molecule has 1 aliphatic rings. The summed E-state index contributed by atoms with van der Waals surface area (Å²) in [6.07, 6.45) is 4.07. The van der Waals surface area contributed by atoms with Gasteiger partial charge < -0.3 is 5.32 Å². The van der Waals surface area contributed by atoms with E-state index in [2.05, 4.69) is 17.1 Å². The summed E-state index contributed by atoms with van der Waals surface area (Å²) in [5.74, 6) is -0.824. The highest BCUT2D eigenvalue weighted by Crippen LogP contribution is 2.30. The van der Waals surface area contributed by atoms with Gasteiger partial charge >= 0.3 is 0 Å². The van der Waals surface area contributed by atoms with Gasteiger partial charge in [0.15, 0.2) is 0 Å². The van der Waals surface area contributed by atoms with E-state index in [0.29, 0.717) is 0 Å². The molecule has 0 saturated carbocycles. The smallest absolute Gasteiger partial charge is 0.130 e. The van der Waals surface area contributed by atoms with Crippen molar-refractivity contribution in [2.45, 2.75) is 38.6 Å². The molecule has 128 valence electrons. The first kappa shape index (κ1) is 21.6. The summed E-state index contributed by atoms with van der Waals surface area (Å²) >= 11 is 0. The third kappa shape index (κ3) is 5.65. The SMILES string of the molecule is CCCCC[C@H](c1c(F)cccc1F)N1CCNCC1.Cl.Cl. The van der Waals surface area contributed by atoms with Gasteiger partial charge in [-0.3, -0.25) is 4.90 Å². The molecule has 0 unspecified atom stereocenters. The second-order valence-corrected chi connectivity index (χ2v) is 5.43. The fraction of sp³-hybridized carbons (Fsp3) is 0.625. The van der Waals surface area contributed by atoms with Crippen molar-refractivity contribution in [1.82, 2.24) is 10.2 Å². The molecule has 6 heteroatoms. The molecule has 0 aromatic heterocycles. The predicted octanol–water partition coefficient (Wildman–Crippen LogP) is 4.34. The predicted molar refractivity (Wildman–Crippen MR) is 92.2 cm³/mol. The number of rotatable bonds is 6. The van der Waals surface area contributed by atoms with Crippen LogP contribution in [0.1, 0.15) is 44.2 Å². The highest BCUT2D eigenvalue weighted by Gasteiger charge is 2.26. The van der Waals surface area contributed by atoms with Gasteiger partial charge in [0.2, 0.25) is 0 Å². The Morgan fingerprint density at radius 3 is 2.23 bits per heavy atom. The third-order valence-electron chi connectivity index (χ3n) is 4.01. The van der Waals surface area contributed by atoms with Gasteiger partial charge in [0.05, 0.1) is 0 Å². The van der Waals surface area contributed by atoms with Crippen LogP contribution in [0.3, 0.4) is 0 Å². The number of unbranched alkanes of at least 4 members (excludes halogenated alkanes) is 2. The van der Waals surface area contributed by atoms with Crippen LogP contribution in [0.5, 0.6) is 0 Å². The van der Waals surface area contributed by atoms with Gasteiger partial charge in [-0.15, -0.1) is 24.8 Å². The summed E-state index contributed by atoms with van der Waals surface area (Å²) in [4.78, 5) is 2.22. The normalized spacial score (nSPS) is 16.5. The average molecular weight is 355 g/mol.